The van der Waals surface area contributed by atoms with Crippen LogP contribution in [0, 0.1) is 0 Å². The Bertz CT molecular complexity index is 625. The van der Waals surface area contributed by atoms with Crippen molar-refractivity contribution in [2.45, 2.75) is 43.8 Å². The molecule has 2 aliphatic heterocycles. The van der Waals surface area contributed by atoms with E-state index in [0.29, 0.717) is 22.7 Å². The molecule has 2 N–H and O–H groups in total. The van der Waals surface area contributed by atoms with Crippen LogP contribution in [0.1, 0.15) is 35.4 Å². The van der Waals surface area contributed by atoms with E-state index in [1.54, 1.807) is 12.5 Å². The van der Waals surface area contributed by atoms with Crippen LogP contribution in [-0.2, 0) is 0 Å². The highest BCUT2D eigenvalue weighted by molar-refractivity contribution is 7.16. The average Bonchev–Trinajstić information content (AvgIpc) is 3.18. The lowest BCUT2D eigenvalue weighted by molar-refractivity contribution is 0.0928. The van der Waals surface area contributed by atoms with Crippen LogP contribution in [-0.4, -0.2) is 29.0 Å². The molecule has 0 radical (unpaired) electrons. The second-order valence-electron chi connectivity index (χ2n) is 5.79. The Morgan fingerprint density at radius 1 is 1.38 bits per heavy atom. The topological polar surface area (TPSA) is 67.2 Å². The van der Waals surface area contributed by atoms with Crippen LogP contribution < -0.4 is 10.6 Å². The van der Waals surface area contributed by atoms with E-state index >= 15 is 0 Å². The SMILES string of the molecule is O=C(NC1CC2CCC(C1)N2)c1cnc(-c2ccco2)s1. The van der Waals surface area contributed by atoms with Crippen molar-refractivity contribution < 1.29 is 9.21 Å². The zero-order valence-electron chi connectivity index (χ0n) is 11.5. The Balaban J connectivity index is 1.43. The van der Waals surface area contributed by atoms with Crippen molar-refractivity contribution in [3.63, 3.8) is 0 Å². The van der Waals surface area contributed by atoms with Crippen LogP contribution >= 0.6 is 11.3 Å². The minimum absolute atomic E-state index is 0.0170. The number of piperidine rings is 1. The average molecular weight is 303 g/mol. The Morgan fingerprint density at radius 3 is 2.90 bits per heavy atom. The molecular formula is C15H17N3O2S. The number of carbonyl (C=O) groups is 1. The van der Waals surface area contributed by atoms with Gasteiger partial charge in [0.2, 0.25) is 0 Å². The van der Waals surface area contributed by atoms with Gasteiger partial charge < -0.3 is 15.1 Å². The number of hydrogen-bond donors (Lipinski definition) is 2. The fourth-order valence-electron chi connectivity index (χ4n) is 3.32. The van der Waals surface area contributed by atoms with E-state index in [9.17, 15) is 4.79 Å². The van der Waals surface area contributed by atoms with Crippen LogP contribution in [0.15, 0.2) is 29.0 Å². The summed E-state index contributed by atoms with van der Waals surface area (Å²) in [5.41, 5.74) is 0. The zero-order valence-corrected chi connectivity index (χ0v) is 12.4. The second kappa shape index (κ2) is 5.27. The maximum Gasteiger partial charge on any atom is 0.263 e. The van der Waals surface area contributed by atoms with Crippen molar-refractivity contribution in [3.05, 3.63) is 29.5 Å². The zero-order chi connectivity index (χ0) is 14.2. The molecule has 4 heterocycles. The summed E-state index contributed by atoms with van der Waals surface area (Å²) < 4.78 is 5.31. The number of aromatic nitrogens is 1. The summed E-state index contributed by atoms with van der Waals surface area (Å²) in [6.07, 6.45) is 7.79. The number of thiazole rings is 1. The first-order valence-electron chi connectivity index (χ1n) is 7.34. The Kier molecular flexibility index (Phi) is 3.27. The van der Waals surface area contributed by atoms with Crippen molar-refractivity contribution in [1.29, 1.82) is 0 Å². The predicted octanol–water partition coefficient (Wildman–Crippen LogP) is 2.42. The molecular weight excluding hydrogens is 286 g/mol. The Labute approximate surface area is 126 Å². The standard InChI is InChI=1S/C15H17N3O2S/c19-14(18-11-6-9-3-4-10(7-11)17-9)13-8-16-15(21-13)12-2-1-5-20-12/h1-2,5,8-11,17H,3-4,6-7H2,(H,18,19). The molecule has 2 aromatic heterocycles. The molecule has 0 spiro atoms. The van der Waals surface area contributed by atoms with Crippen LogP contribution in [0.5, 0.6) is 0 Å². The van der Waals surface area contributed by atoms with E-state index in [2.05, 4.69) is 15.6 Å². The highest BCUT2D eigenvalue weighted by Crippen LogP contribution is 2.28. The van der Waals surface area contributed by atoms with Gasteiger partial charge in [-0.15, -0.1) is 11.3 Å². The highest BCUT2D eigenvalue weighted by Gasteiger charge is 2.34. The van der Waals surface area contributed by atoms with Gasteiger partial charge in [-0.25, -0.2) is 4.98 Å². The molecule has 4 rings (SSSR count). The first-order valence-corrected chi connectivity index (χ1v) is 8.16. The smallest absolute Gasteiger partial charge is 0.263 e. The number of nitrogens with zero attached hydrogens (tertiary/aromatic N) is 1. The third-order valence-corrected chi connectivity index (χ3v) is 5.28. The minimum atomic E-state index is -0.0170. The maximum absolute atomic E-state index is 12.3. The van der Waals surface area contributed by atoms with Gasteiger partial charge in [0.1, 0.15) is 4.88 Å². The monoisotopic (exact) mass is 303 g/mol. The fourth-order valence-corrected chi connectivity index (χ4v) is 4.11. The van der Waals surface area contributed by atoms with E-state index < -0.39 is 0 Å². The molecule has 1 amide bonds. The van der Waals surface area contributed by atoms with Gasteiger partial charge in [0.05, 0.1) is 12.5 Å². The van der Waals surface area contributed by atoms with Gasteiger partial charge in [0.25, 0.3) is 5.91 Å². The first-order chi connectivity index (χ1) is 10.3. The van der Waals surface area contributed by atoms with Crippen molar-refractivity contribution >= 4 is 17.2 Å². The third-order valence-electron chi connectivity index (χ3n) is 4.27. The molecule has 5 nitrogen and oxygen atoms in total. The van der Waals surface area contributed by atoms with Gasteiger partial charge in [-0.2, -0.15) is 0 Å². The molecule has 0 aliphatic carbocycles. The van der Waals surface area contributed by atoms with Gasteiger partial charge in [-0.05, 0) is 37.8 Å². The summed E-state index contributed by atoms with van der Waals surface area (Å²) in [5.74, 6) is 0.690. The molecule has 6 heteroatoms. The number of furan rings is 1. The van der Waals surface area contributed by atoms with Crippen LogP contribution in [0.4, 0.5) is 0 Å². The number of rotatable bonds is 3. The van der Waals surface area contributed by atoms with E-state index in [4.69, 9.17) is 4.42 Å². The maximum atomic E-state index is 12.3. The summed E-state index contributed by atoms with van der Waals surface area (Å²) in [6.45, 7) is 0. The van der Waals surface area contributed by atoms with Crippen molar-refractivity contribution in [3.8, 4) is 10.8 Å². The normalized spacial score (nSPS) is 27.7. The molecule has 0 aromatic carbocycles. The summed E-state index contributed by atoms with van der Waals surface area (Å²) >= 11 is 1.37. The van der Waals surface area contributed by atoms with Gasteiger partial charge in [0, 0.05) is 18.1 Å². The van der Waals surface area contributed by atoms with Gasteiger partial charge in [-0.1, -0.05) is 0 Å². The molecule has 2 aromatic rings. The van der Waals surface area contributed by atoms with Crippen LogP contribution in [0.2, 0.25) is 0 Å². The Morgan fingerprint density at radius 2 is 2.19 bits per heavy atom. The summed E-state index contributed by atoms with van der Waals surface area (Å²) in [7, 11) is 0. The lowest BCUT2D eigenvalue weighted by Gasteiger charge is -2.29. The first kappa shape index (κ1) is 13.0. The molecule has 0 saturated carbocycles. The van der Waals surface area contributed by atoms with Crippen molar-refractivity contribution in [1.82, 2.24) is 15.6 Å². The van der Waals surface area contributed by atoms with Gasteiger partial charge in [0.15, 0.2) is 10.8 Å². The fraction of sp³-hybridized carbons (Fsp3) is 0.467. The number of fused-ring (bicyclic) bond motifs is 2. The van der Waals surface area contributed by atoms with Crippen LogP contribution in [0.3, 0.4) is 0 Å². The third kappa shape index (κ3) is 2.61. The molecule has 2 saturated heterocycles. The number of nitrogens with one attached hydrogen (secondary N) is 2. The van der Waals surface area contributed by atoms with Crippen molar-refractivity contribution in [2.24, 2.45) is 0 Å². The van der Waals surface area contributed by atoms with E-state index in [0.717, 1.165) is 17.8 Å². The largest absolute Gasteiger partial charge is 0.462 e. The molecule has 2 unspecified atom stereocenters. The number of amides is 1. The number of hydrogen-bond acceptors (Lipinski definition) is 5. The molecule has 2 aliphatic rings. The molecule has 2 bridgehead atoms. The van der Waals surface area contributed by atoms with Gasteiger partial charge in [-0.3, -0.25) is 4.79 Å². The lowest BCUT2D eigenvalue weighted by Crippen LogP contribution is -2.47. The van der Waals surface area contributed by atoms with E-state index in [-0.39, 0.29) is 11.9 Å². The minimum Gasteiger partial charge on any atom is -0.462 e. The second-order valence-corrected chi connectivity index (χ2v) is 6.82. The lowest BCUT2D eigenvalue weighted by atomic mass is 10.00. The quantitative estimate of drug-likeness (QED) is 0.914. The number of carbonyl (C=O) groups excluding carboxylic acids is 1. The summed E-state index contributed by atoms with van der Waals surface area (Å²) in [5, 5.41) is 7.48. The summed E-state index contributed by atoms with van der Waals surface area (Å²) in [4.78, 5) is 17.3. The highest BCUT2D eigenvalue weighted by atomic mass is 32.1. The molecule has 2 atom stereocenters. The van der Waals surface area contributed by atoms with Crippen molar-refractivity contribution in [2.75, 3.05) is 0 Å². The summed E-state index contributed by atoms with van der Waals surface area (Å²) in [6, 6.07) is 5.11. The van der Waals surface area contributed by atoms with Gasteiger partial charge >= 0.3 is 0 Å². The van der Waals surface area contributed by atoms with Crippen LogP contribution in [0.25, 0.3) is 10.8 Å². The molecule has 110 valence electrons. The molecule has 21 heavy (non-hydrogen) atoms. The van der Waals surface area contributed by atoms with E-state index in [1.807, 2.05) is 12.1 Å². The Hall–Kier alpha value is -1.66. The predicted molar refractivity (Wildman–Crippen MR) is 80.2 cm³/mol. The van der Waals surface area contributed by atoms with E-state index in [1.165, 1.54) is 24.2 Å². The molecule has 2 fully saturated rings.